The molecule has 0 unspecified atom stereocenters. The standard InChI is InChI=1S/C21H22O7/c1-24-16-9-5-3-7-14(16)20(22)27-13-19-18(11-12-26-19)28-21(23)15-8-4-6-10-17(15)25-2/h3-10,18-19H,11-13H2,1-2H3/t18-,19+/m0/s1. The number of esters is 2. The average molecular weight is 386 g/mol. The molecule has 148 valence electrons. The molecule has 7 nitrogen and oxygen atoms in total. The third-order valence-corrected chi connectivity index (χ3v) is 4.44. The van der Waals surface area contributed by atoms with Gasteiger partial charge in [0, 0.05) is 6.42 Å². The van der Waals surface area contributed by atoms with Crippen LogP contribution in [0.5, 0.6) is 11.5 Å². The molecule has 3 rings (SSSR count). The van der Waals surface area contributed by atoms with Gasteiger partial charge in [-0.25, -0.2) is 9.59 Å². The zero-order valence-corrected chi connectivity index (χ0v) is 15.8. The van der Waals surface area contributed by atoms with Crippen molar-refractivity contribution < 1.29 is 33.3 Å². The molecule has 0 spiro atoms. The second-order valence-electron chi connectivity index (χ2n) is 6.14. The van der Waals surface area contributed by atoms with Gasteiger partial charge >= 0.3 is 11.9 Å². The lowest BCUT2D eigenvalue weighted by Crippen LogP contribution is -2.32. The van der Waals surface area contributed by atoms with E-state index in [1.54, 1.807) is 48.5 Å². The van der Waals surface area contributed by atoms with Crippen LogP contribution in [0.2, 0.25) is 0 Å². The predicted octanol–water partition coefficient (Wildman–Crippen LogP) is 2.88. The Morgan fingerprint density at radius 2 is 1.50 bits per heavy atom. The molecule has 0 radical (unpaired) electrons. The van der Waals surface area contributed by atoms with E-state index in [0.29, 0.717) is 35.7 Å². The SMILES string of the molecule is COc1ccccc1C(=O)OC[C@H]1OCC[C@@H]1OC(=O)c1ccccc1OC. The molecule has 0 amide bonds. The Kier molecular flexibility index (Phi) is 6.49. The van der Waals surface area contributed by atoms with Crippen molar-refractivity contribution in [2.45, 2.75) is 18.6 Å². The van der Waals surface area contributed by atoms with Crippen LogP contribution in [0.25, 0.3) is 0 Å². The Morgan fingerprint density at radius 3 is 2.11 bits per heavy atom. The highest BCUT2D eigenvalue weighted by Crippen LogP contribution is 2.24. The molecule has 0 N–H and O–H groups in total. The summed E-state index contributed by atoms with van der Waals surface area (Å²) >= 11 is 0. The van der Waals surface area contributed by atoms with Crippen molar-refractivity contribution in [3.8, 4) is 11.5 Å². The van der Waals surface area contributed by atoms with Crippen molar-refractivity contribution in [1.82, 2.24) is 0 Å². The van der Waals surface area contributed by atoms with Crippen LogP contribution < -0.4 is 9.47 Å². The largest absolute Gasteiger partial charge is 0.496 e. The van der Waals surface area contributed by atoms with Crippen molar-refractivity contribution in [2.24, 2.45) is 0 Å². The number of carbonyl (C=O) groups is 2. The van der Waals surface area contributed by atoms with Gasteiger partial charge in [-0.3, -0.25) is 0 Å². The summed E-state index contributed by atoms with van der Waals surface area (Å²) in [6.07, 6.45) is -0.516. The van der Waals surface area contributed by atoms with Gasteiger partial charge < -0.3 is 23.7 Å². The van der Waals surface area contributed by atoms with E-state index >= 15 is 0 Å². The summed E-state index contributed by atoms with van der Waals surface area (Å²) < 4.78 is 26.9. The maximum Gasteiger partial charge on any atom is 0.342 e. The van der Waals surface area contributed by atoms with Crippen LogP contribution in [0.4, 0.5) is 0 Å². The first-order valence-corrected chi connectivity index (χ1v) is 8.89. The number of benzene rings is 2. The van der Waals surface area contributed by atoms with E-state index in [1.165, 1.54) is 14.2 Å². The Bertz CT molecular complexity index is 833. The first kappa shape index (κ1) is 19.7. The highest BCUT2D eigenvalue weighted by molar-refractivity contribution is 5.93. The van der Waals surface area contributed by atoms with E-state index in [9.17, 15) is 9.59 Å². The Morgan fingerprint density at radius 1 is 0.929 bits per heavy atom. The number of carbonyl (C=O) groups excluding carboxylic acids is 2. The van der Waals surface area contributed by atoms with E-state index < -0.39 is 24.1 Å². The molecular formula is C21H22O7. The highest BCUT2D eigenvalue weighted by atomic mass is 16.6. The molecule has 2 atom stereocenters. The van der Waals surface area contributed by atoms with Crippen LogP contribution in [0.15, 0.2) is 48.5 Å². The smallest absolute Gasteiger partial charge is 0.342 e. The number of hydrogen-bond donors (Lipinski definition) is 0. The van der Waals surface area contributed by atoms with Crippen molar-refractivity contribution in [2.75, 3.05) is 27.4 Å². The van der Waals surface area contributed by atoms with Gasteiger partial charge in [-0.15, -0.1) is 0 Å². The van der Waals surface area contributed by atoms with Gasteiger partial charge in [-0.1, -0.05) is 24.3 Å². The molecule has 1 saturated heterocycles. The highest BCUT2D eigenvalue weighted by Gasteiger charge is 2.33. The van der Waals surface area contributed by atoms with Gasteiger partial charge in [0.25, 0.3) is 0 Å². The van der Waals surface area contributed by atoms with Crippen molar-refractivity contribution >= 4 is 11.9 Å². The fourth-order valence-electron chi connectivity index (χ4n) is 2.98. The van der Waals surface area contributed by atoms with Gasteiger partial charge in [0.05, 0.1) is 20.8 Å². The predicted molar refractivity (Wildman–Crippen MR) is 99.8 cm³/mol. The van der Waals surface area contributed by atoms with Crippen molar-refractivity contribution in [3.05, 3.63) is 59.7 Å². The Labute approximate surface area is 163 Å². The zero-order valence-electron chi connectivity index (χ0n) is 15.8. The van der Waals surface area contributed by atoms with Crippen LogP contribution in [0, 0.1) is 0 Å². The molecule has 1 fully saturated rings. The minimum absolute atomic E-state index is 0.0270. The number of para-hydroxylation sites is 2. The number of hydrogen-bond acceptors (Lipinski definition) is 7. The molecule has 1 heterocycles. The molecule has 1 aliphatic heterocycles. The minimum Gasteiger partial charge on any atom is -0.496 e. The van der Waals surface area contributed by atoms with Crippen molar-refractivity contribution in [3.63, 3.8) is 0 Å². The fourth-order valence-corrected chi connectivity index (χ4v) is 2.98. The van der Waals surface area contributed by atoms with E-state index in [4.69, 9.17) is 23.7 Å². The summed E-state index contributed by atoms with van der Waals surface area (Å²) in [4.78, 5) is 24.8. The molecule has 2 aromatic rings. The van der Waals surface area contributed by atoms with Crippen LogP contribution in [0.1, 0.15) is 27.1 Å². The van der Waals surface area contributed by atoms with Crippen LogP contribution in [0.3, 0.4) is 0 Å². The maximum atomic E-state index is 12.5. The van der Waals surface area contributed by atoms with Gasteiger partial charge in [-0.05, 0) is 24.3 Å². The summed E-state index contributed by atoms with van der Waals surface area (Å²) in [6.45, 7) is 0.390. The van der Waals surface area contributed by atoms with Gasteiger partial charge in [-0.2, -0.15) is 0 Å². The lowest BCUT2D eigenvalue weighted by atomic mass is 10.1. The molecular weight excluding hydrogens is 364 g/mol. The lowest BCUT2D eigenvalue weighted by Gasteiger charge is -2.19. The molecule has 1 aliphatic rings. The average Bonchev–Trinajstić information content (AvgIpc) is 3.18. The Hall–Kier alpha value is -3.06. The van der Waals surface area contributed by atoms with Crippen molar-refractivity contribution in [1.29, 1.82) is 0 Å². The maximum absolute atomic E-state index is 12.5. The first-order valence-electron chi connectivity index (χ1n) is 8.89. The topological polar surface area (TPSA) is 80.3 Å². The van der Waals surface area contributed by atoms with E-state index in [2.05, 4.69) is 0 Å². The molecule has 0 aliphatic carbocycles. The number of ether oxygens (including phenoxy) is 5. The molecule has 28 heavy (non-hydrogen) atoms. The summed E-state index contributed by atoms with van der Waals surface area (Å²) in [5.41, 5.74) is 0.659. The van der Waals surface area contributed by atoms with Gasteiger partial charge in [0.15, 0.2) is 0 Å². The Balaban J connectivity index is 1.60. The van der Waals surface area contributed by atoms with Crippen LogP contribution in [-0.2, 0) is 14.2 Å². The monoisotopic (exact) mass is 386 g/mol. The second kappa shape index (κ2) is 9.23. The number of rotatable bonds is 7. The minimum atomic E-state index is -0.530. The van der Waals surface area contributed by atoms with Crippen LogP contribution in [-0.4, -0.2) is 51.6 Å². The molecule has 0 bridgehead atoms. The second-order valence-corrected chi connectivity index (χ2v) is 6.14. The molecule has 0 aromatic heterocycles. The lowest BCUT2D eigenvalue weighted by molar-refractivity contribution is -0.0284. The number of methoxy groups -OCH3 is 2. The normalized spacial score (nSPS) is 18.4. The quantitative estimate of drug-likeness (QED) is 0.677. The third-order valence-electron chi connectivity index (χ3n) is 4.44. The van der Waals surface area contributed by atoms with Gasteiger partial charge in [0.2, 0.25) is 0 Å². The summed E-state index contributed by atoms with van der Waals surface area (Å²) in [7, 11) is 2.98. The molecule has 7 heteroatoms. The molecule has 0 saturated carbocycles. The van der Waals surface area contributed by atoms with Gasteiger partial charge in [0.1, 0.15) is 41.4 Å². The summed E-state index contributed by atoms with van der Waals surface area (Å²) in [5.74, 6) is -0.165. The van der Waals surface area contributed by atoms with Crippen LogP contribution >= 0.6 is 0 Å². The van der Waals surface area contributed by atoms with E-state index in [0.717, 1.165) is 0 Å². The third kappa shape index (κ3) is 4.43. The van der Waals surface area contributed by atoms with E-state index in [1.807, 2.05) is 0 Å². The molecule has 2 aromatic carbocycles. The first-order chi connectivity index (χ1) is 13.6. The fraction of sp³-hybridized carbons (Fsp3) is 0.333. The van der Waals surface area contributed by atoms with E-state index in [-0.39, 0.29) is 6.61 Å². The summed E-state index contributed by atoms with van der Waals surface area (Å²) in [6, 6.07) is 13.6. The zero-order chi connectivity index (χ0) is 19.9. The summed E-state index contributed by atoms with van der Waals surface area (Å²) in [5, 5.41) is 0.